The SMILES string of the molecule is CN(CCCC(=O)O)C(=O)/C=C/c1ccc(N)cc1. The van der Waals surface area contributed by atoms with Gasteiger partial charge in [0.1, 0.15) is 0 Å². The minimum absolute atomic E-state index is 0.0687. The number of carbonyl (C=O) groups is 2. The summed E-state index contributed by atoms with van der Waals surface area (Å²) < 4.78 is 0. The van der Waals surface area contributed by atoms with Gasteiger partial charge in [0.05, 0.1) is 0 Å². The molecular formula is C14H18N2O3. The lowest BCUT2D eigenvalue weighted by atomic mass is 10.2. The first-order chi connectivity index (χ1) is 8.99. The molecule has 1 aromatic carbocycles. The van der Waals surface area contributed by atoms with Gasteiger partial charge in [-0.25, -0.2) is 0 Å². The number of rotatable bonds is 6. The number of carboxylic acids is 1. The van der Waals surface area contributed by atoms with Crippen LogP contribution in [0.25, 0.3) is 6.08 Å². The third-order valence-electron chi connectivity index (χ3n) is 2.62. The van der Waals surface area contributed by atoms with Crippen LogP contribution in [-0.4, -0.2) is 35.5 Å². The highest BCUT2D eigenvalue weighted by molar-refractivity contribution is 5.91. The van der Waals surface area contributed by atoms with Crippen molar-refractivity contribution in [3.63, 3.8) is 0 Å². The van der Waals surface area contributed by atoms with Crippen molar-refractivity contribution in [3.8, 4) is 0 Å². The van der Waals surface area contributed by atoms with E-state index in [1.165, 1.54) is 11.0 Å². The van der Waals surface area contributed by atoms with Gasteiger partial charge in [-0.2, -0.15) is 0 Å². The Balaban J connectivity index is 2.44. The van der Waals surface area contributed by atoms with E-state index < -0.39 is 5.97 Å². The average Bonchev–Trinajstić information content (AvgIpc) is 2.37. The lowest BCUT2D eigenvalue weighted by molar-refractivity contribution is -0.137. The zero-order chi connectivity index (χ0) is 14.3. The molecule has 5 heteroatoms. The molecule has 0 unspecified atom stereocenters. The highest BCUT2D eigenvalue weighted by atomic mass is 16.4. The summed E-state index contributed by atoms with van der Waals surface area (Å²) in [6.07, 6.45) is 3.69. The maximum atomic E-state index is 11.7. The summed E-state index contributed by atoms with van der Waals surface area (Å²) >= 11 is 0. The Hall–Kier alpha value is -2.30. The highest BCUT2D eigenvalue weighted by Crippen LogP contribution is 2.07. The molecule has 0 spiro atoms. The second kappa shape index (κ2) is 7.20. The number of hydrogen-bond donors (Lipinski definition) is 2. The number of amides is 1. The van der Waals surface area contributed by atoms with Crippen molar-refractivity contribution in [2.45, 2.75) is 12.8 Å². The highest BCUT2D eigenvalue weighted by Gasteiger charge is 2.05. The van der Waals surface area contributed by atoms with E-state index in [1.807, 2.05) is 12.1 Å². The third-order valence-corrected chi connectivity index (χ3v) is 2.62. The molecule has 0 saturated heterocycles. The number of hydrogen-bond acceptors (Lipinski definition) is 3. The Kier molecular flexibility index (Phi) is 5.60. The van der Waals surface area contributed by atoms with Crippen molar-refractivity contribution in [3.05, 3.63) is 35.9 Å². The molecule has 1 rings (SSSR count). The molecule has 0 aliphatic carbocycles. The molecular weight excluding hydrogens is 244 g/mol. The maximum Gasteiger partial charge on any atom is 0.303 e. The van der Waals surface area contributed by atoms with Crippen LogP contribution >= 0.6 is 0 Å². The number of nitrogens with two attached hydrogens (primary N) is 1. The van der Waals surface area contributed by atoms with Gasteiger partial charge in [-0.05, 0) is 30.2 Å². The summed E-state index contributed by atoms with van der Waals surface area (Å²) in [6.45, 7) is 0.428. The van der Waals surface area contributed by atoms with Crippen LogP contribution in [0.5, 0.6) is 0 Å². The maximum absolute atomic E-state index is 11.7. The topological polar surface area (TPSA) is 83.6 Å². The zero-order valence-corrected chi connectivity index (χ0v) is 10.9. The van der Waals surface area contributed by atoms with E-state index in [0.717, 1.165) is 5.56 Å². The van der Waals surface area contributed by atoms with Crippen LogP contribution in [0, 0.1) is 0 Å². The molecule has 0 atom stereocenters. The van der Waals surface area contributed by atoms with Crippen LogP contribution in [0.4, 0.5) is 5.69 Å². The van der Waals surface area contributed by atoms with E-state index in [2.05, 4.69) is 0 Å². The minimum Gasteiger partial charge on any atom is -0.481 e. The Morgan fingerprint density at radius 3 is 2.53 bits per heavy atom. The van der Waals surface area contributed by atoms with Crippen LogP contribution in [-0.2, 0) is 9.59 Å². The second-order valence-corrected chi connectivity index (χ2v) is 4.26. The summed E-state index contributed by atoms with van der Waals surface area (Å²) in [5, 5.41) is 8.51. The molecule has 5 nitrogen and oxygen atoms in total. The summed E-state index contributed by atoms with van der Waals surface area (Å²) in [5.74, 6) is -1.000. The molecule has 3 N–H and O–H groups in total. The first-order valence-electron chi connectivity index (χ1n) is 5.99. The van der Waals surface area contributed by atoms with E-state index in [9.17, 15) is 9.59 Å². The Bertz CT molecular complexity index is 466. The van der Waals surface area contributed by atoms with Gasteiger partial charge in [0.25, 0.3) is 0 Å². The number of likely N-dealkylation sites (N-methyl/N-ethyl adjacent to an activating group) is 1. The summed E-state index contributed by atoms with van der Waals surface area (Å²) in [7, 11) is 1.65. The quantitative estimate of drug-likeness (QED) is 0.602. The predicted octanol–water partition coefficient (Wildman–Crippen LogP) is 1.61. The van der Waals surface area contributed by atoms with Crippen molar-refractivity contribution in [2.75, 3.05) is 19.3 Å². The summed E-state index contributed by atoms with van der Waals surface area (Å²) in [6, 6.07) is 7.18. The van der Waals surface area contributed by atoms with E-state index in [4.69, 9.17) is 10.8 Å². The molecule has 0 fully saturated rings. The van der Waals surface area contributed by atoms with Crippen molar-refractivity contribution in [1.29, 1.82) is 0 Å². The average molecular weight is 262 g/mol. The van der Waals surface area contributed by atoms with Gasteiger partial charge in [0, 0.05) is 31.8 Å². The van der Waals surface area contributed by atoms with E-state index in [1.54, 1.807) is 25.3 Å². The van der Waals surface area contributed by atoms with Crippen LogP contribution in [0.2, 0.25) is 0 Å². The predicted molar refractivity (Wildman–Crippen MR) is 74.4 cm³/mol. The fraction of sp³-hybridized carbons (Fsp3) is 0.286. The van der Waals surface area contributed by atoms with Crippen LogP contribution in [0.1, 0.15) is 18.4 Å². The number of nitrogen functional groups attached to an aromatic ring is 1. The van der Waals surface area contributed by atoms with Crippen molar-refractivity contribution in [2.24, 2.45) is 0 Å². The monoisotopic (exact) mass is 262 g/mol. The molecule has 102 valence electrons. The lowest BCUT2D eigenvalue weighted by Crippen LogP contribution is -2.26. The molecule has 0 heterocycles. The molecule has 1 aromatic rings. The Morgan fingerprint density at radius 2 is 1.95 bits per heavy atom. The van der Waals surface area contributed by atoms with Gasteiger partial charge in [-0.15, -0.1) is 0 Å². The fourth-order valence-electron chi connectivity index (χ4n) is 1.48. The first kappa shape index (κ1) is 14.8. The van der Waals surface area contributed by atoms with E-state index in [-0.39, 0.29) is 12.3 Å². The number of carbonyl (C=O) groups excluding carboxylic acids is 1. The number of carboxylic acid groups (broad SMARTS) is 1. The third kappa shape index (κ3) is 5.72. The molecule has 0 saturated carbocycles. The molecule has 0 radical (unpaired) electrons. The molecule has 0 bridgehead atoms. The van der Waals surface area contributed by atoms with E-state index in [0.29, 0.717) is 18.7 Å². The second-order valence-electron chi connectivity index (χ2n) is 4.26. The molecule has 19 heavy (non-hydrogen) atoms. The molecule has 0 aromatic heterocycles. The first-order valence-corrected chi connectivity index (χ1v) is 5.99. The largest absolute Gasteiger partial charge is 0.481 e. The standard InChI is InChI=1S/C14H18N2O3/c1-16(10-2-3-14(18)19)13(17)9-6-11-4-7-12(15)8-5-11/h4-9H,2-3,10,15H2,1H3,(H,18,19)/b9-6+. The van der Waals surface area contributed by atoms with Crippen LogP contribution in [0.3, 0.4) is 0 Å². The normalized spacial score (nSPS) is 10.6. The van der Waals surface area contributed by atoms with Gasteiger partial charge in [-0.3, -0.25) is 9.59 Å². The van der Waals surface area contributed by atoms with Gasteiger partial charge < -0.3 is 15.7 Å². The van der Waals surface area contributed by atoms with Crippen LogP contribution < -0.4 is 5.73 Å². The summed E-state index contributed by atoms with van der Waals surface area (Å²) in [5.41, 5.74) is 7.13. The number of anilines is 1. The number of benzene rings is 1. The minimum atomic E-state index is -0.849. The Labute approximate surface area is 112 Å². The van der Waals surface area contributed by atoms with Gasteiger partial charge >= 0.3 is 5.97 Å². The molecule has 0 aliphatic rings. The van der Waals surface area contributed by atoms with Gasteiger partial charge in [-0.1, -0.05) is 12.1 Å². The van der Waals surface area contributed by atoms with Crippen molar-refractivity contribution in [1.82, 2.24) is 4.90 Å². The Morgan fingerprint density at radius 1 is 1.32 bits per heavy atom. The fourth-order valence-corrected chi connectivity index (χ4v) is 1.48. The van der Waals surface area contributed by atoms with Crippen LogP contribution in [0.15, 0.2) is 30.3 Å². The lowest BCUT2D eigenvalue weighted by Gasteiger charge is -2.13. The van der Waals surface area contributed by atoms with E-state index >= 15 is 0 Å². The number of nitrogens with zero attached hydrogens (tertiary/aromatic N) is 1. The van der Waals surface area contributed by atoms with Crippen molar-refractivity contribution >= 4 is 23.6 Å². The van der Waals surface area contributed by atoms with Gasteiger partial charge in [0.15, 0.2) is 0 Å². The molecule has 0 aliphatic heterocycles. The number of aliphatic carboxylic acids is 1. The summed E-state index contributed by atoms with van der Waals surface area (Å²) in [4.78, 5) is 23.6. The van der Waals surface area contributed by atoms with Gasteiger partial charge in [0.2, 0.25) is 5.91 Å². The smallest absolute Gasteiger partial charge is 0.303 e. The molecule has 1 amide bonds. The van der Waals surface area contributed by atoms with Crippen molar-refractivity contribution < 1.29 is 14.7 Å². The zero-order valence-electron chi connectivity index (χ0n) is 10.9.